The smallest absolute Gasteiger partial charge is 0.0124 e. The van der Waals surface area contributed by atoms with E-state index in [1.165, 1.54) is 24.8 Å². The standard InChI is InChI=1S/C19H20/c1-14-6-4-9-17(14)19(12-5-13-19)18-11-10-15-7-2-3-8-16(15)18/h2-4,7-11,18H,5-6,12-13H2,1H3. The molecule has 0 amide bonds. The Kier molecular flexibility index (Phi) is 2.35. The third kappa shape index (κ3) is 1.46. The van der Waals surface area contributed by atoms with Gasteiger partial charge in [0.15, 0.2) is 0 Å². The first-order chi connectivity index (χ1) is 9.31. The highest BCUT2D eigenvalue weighted by Crippen LogP contribution is 2.60. The van der Waals surface area contributed by atoms with E-state index in [-0.39, 0.29) is 0 Å². The lowest BCUT2D eigenvalue weighted by atomic mass is 9.55. The van der Waals surface area contributed by atoms with E-state index in [2.05, 4.69) is 55.5 Å². The van der Waals surface area contributed by atoms with Crippen molar-refractivity contribution in [3.8, 4) is 0 Å². The van der Waals surface area contributed by atoms with E-state index in [0.29, 0.717) is 11.3 Å². The number of hydrogen-bond donors (Lipinski definition) is 0. The maximum atomic E-state index is 2.45. The average molecular weight is 248 g/mol. The third-order valence-corrected chi connectivity index (χ3v) is 5.35. The number of allylic oxidation sites excluding steroid dienone is 5. The lowest BCUT2D eigenvalue weighted by Gasteiger charge is -2.48. The summed E-state index contributed by atoms with van der Waals surface area (Å²) in [6.07, 6.45) is 14.8. The molecule has 0 aliphatic heterocycles. The molecule has 1 unspecified atom stereocenters. The summed E-state index contributed by atoms with van der Waals surface area (Å²) in [5.41, 5.74) is 6.62. The van der Waals surface area contributed by atoms with Crippen LogP contribution in [0, 0.1) is 5.41 Å². The number of benzene rings is 1. The van der Waals surface area contributed by atoms with Crippen LogP contribution in [0.25, 0.3) is 6.08 Å². The van der Waals surface area contributed by atoms with E-state index in [9.17, 15) is 0 Å². The Hall–Kier alpha value is -1.56. The predicted octanol–water partition coefficient (Wildman–Crippen LogP) is 5.24. The summed E-state index contributed by atoms with van der Waals surface area (Å²) in [6.45, 7) is 2.32. The molecular weight excluding hydrogens is 228 g/mol. The number of fused-ring (bicyclic) bond motifs is 1. The molecule has 1 fully saturated rings. The van der Waals surface area contributed by atoms with Crippen molar-refractivity contribution in [2.24, 2.45) is 5.41 Å². The molecule has 3 aliphatic carbocycles. The van der Waals surface area contributed by atoms with Gasteiger partial charge in [-0.25, -0.2) is 0 Å². The molecule has 4 rings (SSSR count). The van der Waals surface area contributed by atoms with Gasteiger partial charge in [-0.1, -0.05) is 60.6 Å². The van der Waals surface area contributed by atoms with Crippen molar-refractivity contribution in [2.75, 3.05) is 0 Å². The van der Waals surface area contributed by atoms with E-state index in [0.717, 1.165) is 6.42 Å². The molecule has 0 heteroatoms. The highest BCUT2D eigenvalue weighted by molar-refractivity contribution is 5.64. The van der Waals surface area contributed by atoms with E-state index < -0.39 is 0 Å². The molecule has 1 aromatic carbocycles. The minimum Gasteiger partial charge on any atom is -0.0802 e. The Balaban J connectivity index is 1.82. The molecule has 1 saturated carbocycles. The summed E-state index contributed by atoms with van der Waals surface area (Å²) < 4.78 is 0. The van der Waals surface area contributed by atoms with Gasteiger partial charge in [-0.3, -0.25) is 0 Å². The van der Waals surface area contributed by atoms with Crippen LogP contribution in [-0.2, 0) is 0 Å². The van der Waals surface area contributed by atoms with Gasteiger partial charge in [-0.15, -0.1) is 0 Å². The molecule has 3 aliphatic rings. The third-order valence-electron chi connectivity index (χ3n) is 5.35. The maximum absolute atomic E-state index is 2.45. The molecule has 0 spiro atoms. The highest BCUT2D eigenvalue weighted by Gasteiger charge is 2.48. The summed E-state index contributed by atoms with van der Waals surface area (Å²) in [4.78, 5) is 0. The molecule has 0 saturated heterocycles. The molecule has 0 heterocycles. The van der Waals surface area contributed by atoms with Crippen molar-refractivity contribution in [3.63, 3.8) is 0 Å². The van der Waals surface area contributed by atoms with Crippen LogP contribution in [-0.4, -0.2) is 0 Å². The summed E-state index contributed by atoms with van der Waals surface area (Å²) in [5, 5.41) is 0. The van der Waals surface area contributed by atoms with Crippen LogP contribution in [0.1, 0.15) is 49.7 Å². The van der Waals surface area contributed by atoms with E-state index in [1.54, 1.807) is 16.7 Å². The van der Waals surface area contributed by atoms with Gasteiger partial charge in [0.2, 0.25) is 0 Å². The molecular formula is C19H20. The van der Waals surface area contributed by atoms with Crippen LogP contribution in [0.15, 0.2) is 53.6 Å². The maximum Gasteiger partial charge on any atom is 0.0124 e. The van der Waals surface area contributed by atoms with Crippen molar-refractivity contribution >= 4 is 6.08 Å². The van der Waals surface area contributed by atoms with Crippen LogP contribution in [0.4, 0.5) is 0 Å². The summed E-state index contributed by atoms with van der Waals surface area (Å²) in [7, 11) is 0. The number of rotatable bonds is 2. The fourth-order valence-electron chi connectivity index (χ4n) is 4.23. The zero-order chi connectivity index (χ0) is 12.9. The predicted molar refractivity (Wildman–Crippen MR) is 81.0 cm³/mol. The quantitative estimate of drug-likeness (QED) is 0.671. The second-order valence-electron chi connectivity index (χ2n) is 6.28. The van der Waals surface area contributed by atoms with Crippen LogP contribution >= 0.6 is 0 Å². The Labute approximate surface area is 115 Å². The monoisotopic (exact) mass is 248 g/mol. The molecule has 1 atom stereocenters. The molecule has 0 nitrogen and oxygen atoms in total. The van der Waals surface area contributed by atoms with Crippen molar-refractivity contribution in [1.82, 2.24) is 0 Å². The van der Waals surface area contributed by atoms with Crippen molar-refractivity contribution in [3.05, 3.63) is 64.8 Å². The Bertz CT molecular complexity index is 609. The summed E-state index contributed by atoms with van der Waals surface area (Å²) in [5.74, 6) is 0.602. The highest BCUT2D eigenvalue weighted by atomic mass is 14.5. The number of hydrogen-bond acceptors (Lipinski definition) is 0. The fourth-order valence-corrected chi connectivity index (χ4v) is 4.23. The van der Waals surface area contributed by atoms with Crippen LogP contribution in [0.3, 0.4) is 0 Å². The Morgan fingerprint density at radius 1 is 1.11 bits per heavy atom. The first kappa shape index (κ1) is 11.3. The normalized spacial score (nSPS) is 26.7. The lowest BCUT2D eigenvalue weighted by Crippen LogP contribution is -2.36. The molecule has 96 valence electrons. The van der Waals surface area contributed by atoms with Gasteiger partial charge in [-0.2, -0.15) is 0 Å². The summed E-state index contributed by atoms with van der Waals surface area (Å²) in [6, 6.07) is 8.93. The van der Waals surface area contributed by atoms with Crippen molar-refractivity contribution in [1.29, 1.82) is 0 Å². The Morgan fingerprint density at radius 2 is 1.95 bits per heavy atom. The van der Waals surface area contributed by atoms with E-state index >= 15 is 0 Å². The second-order valence-corrected chi connectivity index (χ2v) is 6.28. The fraction of sp³-hybridized carbons (Fsp3) is 0.368. The molecule has 0 radical (unpaired) electrons. The minimum atomic E-state index is 0.403. The van der Waals surface area contributed by atoms with Crippen LogP contribution in [0.5, 0.6) is 0 Å². The van der Waals surface area contributed by atoms with Crippen LogP contribution in [0.2, 0.25) is 0 Å². The van der Waals surface area contributed by atoms with Gasteiger partial charge < -0.3 is 0 Å². The van der Waals surface area contributed by atoms with Crippen molar-refractivity contribution < 1.29 is 0 Å². The lowest BCUT2D eigenvalue weighted by molar-refractivity contribution is 0.167. The first-order valence-electron chi connectivity index (χ1n) is 7.45. The van der Waals surface area contributed by atoms with Gasteiger partial charge in [-0.05, 0) is 42.9 Å². The molecule has 19 heavy (non-hydrogen) atoms. The van der Waals surface area contributed by atoms with Gasteiger partial charge in [0.05, 0.1) is 0 Å². The average Bonchev–Trinajstić information content (AvgIpc) is 2.97. The first-order valence-corrected chi connectivity index (χ1v) is 7.45. The van der Waals surface area contributed by atoms with E-state index in [1.807, 2.05) is 0 Å². The van der Waals surface area contributed by atoms with Crippen LogP contribution < -0.4 is 0 Å². The topological polar surface area (TPSA) is 0 Å². The van der Waals surface area contributed by atoms with Gasteiger partial charge in [0.25, 0.3) is 0 Å². The van der Waals surface area contributed by atoms with Gasteiger partial charge in [0, 0.05) is 11.3 Å². The molecule has 0 aromatic heterocycles. The zero-order valence-corrected chi connectivity index (χ0v) is 11.5. The van der Waals surface area contributed by atoms with Crippen molar-refractivity contribution in [2.45, 2.75) is 38.5 Å². The molecule has 0 N–H and O–H groups in total. The molecule has 0 bridgehead atoms. The molecule has 1 aromatic rings. The minimum absolute atomic E-state index is 0.403. The SMILES string of the molecule is CC1=C(C2(C3C=Cc4ccccc43)CCC2)C=CC1. The largest absolute Gasteiger partial charge is 0.0802 e. The zero-order valence-electron chi connectivity index (χ0n) is 11.5. The summed E-state index contributed by atoms with van der Waals surface area (Å²) >= 11 is 0. The van der Waals surface area contributed by atoms with Gasteiger partial charge >= 0.3 is 0 Å². The van der Waals surface area contributed by atoms with Gasteiger partial charge in [0.1, 0.15) is 0 Å². The van der Waals surface area contributed by atoms with E-state index in [4.69, 9.17) is 0 Å². The second kappa shape index (κ2) is 3.96. The Morgan fingerprint density at radius 3 is 2.63 bits per heavy atom.